The SMILES string of the molecule is CCOC(=O)C[C@@H](O)[C@H](O)[C@H]1OC(C)(C)O[C@@H]1[C@H](O[Si](c1ccccc1)(c1ccccc1)C(C)(C)C)c1ccccc1. The Morgan fingerprint density at radius 1 is 0.857 bits per heavy atom. The summed E-state index contributed by atoms with van der Waals surface area (Å²) in [6, 6.07) is 30.4. The van der Waals surface area contributed by atoms with Gasteiger partial charge >= 0.3 is 5.97 Å². The minimum absolute atomic E-state index is 0.183. The lowest BCUT2D eigenvalue weighted by Crippen LogP contribution is -2.67. The highest BCUT2D eigenvalue weighted by Crippen LogP contribution is 2.45. The van der Waals surface area contributed by atoms with Crippen molar-refractivity contribution in [3.8, 4) is 0 Å². The van der Waals surface area contributed by atoms with Gasteiger partial charge in [-0.25, -0.2) is 0 Å². The van der Waals surface area contributed by atoms with Crippen molar-refractivity contribution < 1.29 is 33.6 Å². The van der Waals surface area contributed by atoms with Crippen LogP contribution in [0.4, 0.5) is 0 Å². The lowest BCUT2D eigenvalue weighted by Gasteiger charge is -2.46. The number of benzene rings is 3. The molecule has 2 N–H and O–H groups in total. The number of hydrogen-bond donors (Lipinski definition) is 2. The van der Waals surface area contributed by atoms with Gasteiger partial charge in [-0.2, -0.15) is 0 Å². The van der Waals surface area contributed by atoms with E-state index < -0.39 is 50.6 Å². The van der Waals surface area contributed by atoms with Crippen LogP contribution in [-0.2, 0) is 23.4 Å². The van der Waals surface area contributed by atoms with E-state index in [1.54, 1.807) is 20.8 Å². The summed E-state index contributed by atoms with van der Waals surface area (Å²) < 4.78 is 25.3. The maximum atomic E-state index is 12.2. The molecule has 0 unspecified atom stereocenters. The van der Waals surface area contributed by atoms with Crippen LogP contribution in [0.5, 0.6) is 0 Å². The van der Waals surface area contributed by atoms with Crippen molar-refractivity contribution in [1.82, 2.24) is 0 Å². The van der Waals surface area contributed by atoms with E-state index in [0.717, 1.165) is 15.9 Å². The Morgan fingerprint density at radius 3 is 1.81 bits per heavy atom. The lowest BCUT2D eigenvalue weighted by atomic mass is 9.94. The summed E-state index contributed by atoms with van der Waals surface area (Å²) in [5, 5.41) is 24.2. The number of esters is 1. The largest absolute Gasteiger partial charge is 0.466 e. The Balaban J connectivity index is 1.86. The van der Waals surface area contributed by atoms with E-state index in [1.807, 2.05) is 66.7 Å². The van der Waals surface area contributed by atoms with Crippen LogP contribution in [0.25, 0.3) is 0 Å². The molecule has 0 spiro atoms. The van der Waals surface area contributed by atoms with Crippen molar-refractivity contribution in [2.45, 2.75) is 89.3 Å². The molecule has 0 bridgehead atoms. The summed E-state index contributed by atoms with van der Waals surface area (Å²) in [4.78, 5) is 12.2. The van der Waals surface area contributed by atoms with Gasteiger partial charge in [0, 0.05) is 0 Å². The highest BCUT2D eigenvalue weighted by molar-refractivity contribution is 6.99. The molecule has 4 rings (SSSR count). The van der Waals surface area contributed by atoms with Gasteiger partial charge in [0.1, 0.15) is 24.4 Å². The number of hydrogen-bond acceptors (Lipinski definition) is 7. The maximum Gasteiger partial charge on any atom is 0.308 e. The van der Waals surface area contributed by atoms with Crippen LogP contribution in [0, 0.1) is 0 Å². The van der Waals surface area contributed by atoms with Gasteiger partial charge in [-0.15, -0.1) is 0 Å². The Morgan fingerprint density at radius 2 is 1.33 bits per heavy atom. The maximum absolute atomic E-state index is 12.2. The number of carbonyl (C=O) groups excluding carboxylic acids is 1. The molecule has 0 aromatic heterocycles. The topological polar surface area (TPSA) is 94.5 Å². The number of aliphatic hydroxyl groups excluding tert-OH is 2. The average Bonchev–Trinajstić information content (AvgIpc) is 3.29. The quantitative estimate of drug-likeness (QED) is 0.250. The molecule has 3 aromatic rings. The first-order valence-electron chi connectivity index (χ1n) is 14.6. The molecule has 8 heteroatoms. The molecule has 3 aromatic carbocycles. The second kappa shape index (κ2) is 13.2. The van der Waals surface area contributed by atoms with Gasteiger partial charge in [0.05, 0.1) is 19.1 Å². The molecule has 1 aliphatic heterocycles. The number of ether oxygens (including phenoxy) is 3. The Labute approximate surface area is 250 Å². The molecule has 5 atom stereocenters. The van der Waals surface area contributed by atoms with Gasteiger partial charge in [0.15, 0.2) is 5.79 Å². The molecule has 0 saturated carbocycles. The normalized spacial score (nSPS) is 21.0. The Bertz CT molecular complexity index is 1240. The molecule has 0 aliphatic carbocycles. The third-order valence-electron chi connectivity index (χ3n) is 7.72. The van der Waals surface area contributed by atoms with Gasteiger partial charge in [0.25, 0.3) is 8.32 Å². The number of rotatable bonds is 11. The van der Waals surface area contributed by atoms with E-state index in [0.29, 0.717) is 0 Å². The fourth-order valence-corrected chi connectivity index (χ4v) is 10.6. The zero-order chi connectivity index (χ0) is 30.5. The minimum atomic E-state index is -3.09. The van der Waals surface area contributed by atoms with E-state index in [4.69, 9.17) is 18.6 Å². The molecular weight excluding hydrogens is 548 g/mol. The summed E-state index contributed by atoms with van der Waals surface area (Å²) >= 11 is 0. The van der Waals surface area contributed by atoms with Crippen LogP contribution in [0.1, 0.15) is 59.6 Å². The van der Waals surface area contributed by atoms with E-state index in [-0.39, 0.29) is 18.1 Å². The Kier molecular flexibility index (Phi) is 10.1. The van der Waals surface area contributed by atoms with Crippen molar-refractivity contribution in [2.24, 2.45) is 0 Å². The highest BCUT2D eigenvalue weighted by Gasteiger charge is 2.56. The monoisotopic (exact) mass is 592 g/mol. The predicted octanol–water partition coefficient (Wildman–Crippen LogP) is 4.50. The van der Waals surface area contributed by atoms with Crippen molar-refractivity contribution >= 4 is 24.7 Å². The molecular formula is C34H44O7Si. The first kappa shape index (κ1) is 32.1. The first-order chi connectivity index (χ1) is 19.9. The van der Waals surface area contributed by atoms with Crippen LogP contribution >= 0.6 is 0 Å². The van der Waals surface area contributed by atoms with Crippen LogP contribution in [0.15, 0.2) is 91.0 Å². The van der Waals surface area contributed by atoms with Crippen molar-refractivity contribution in [2.75, 3.05) is 6.61 Å². The first-order valence-corrected chi connectivity index (χ1v) is 16.5. The van der Waals surface area contributed by atoms with Gasteiger partial charge in [0.2, 0.25) is 0 Å². The van der Waals surface area contributed by atoms with Crippen molar-refractivity contribution in [3.05, 3.63) is 96.6 Å². The fraction of sp³-hybridized carbons (Fsp3) is 0.441. The minimum Gasteiger partial charge on any atom is -0.466 e. The van der Waals surface area contributed by atoms with E-state index >= 15 is 0 Å². The molecule has 1 aliphatic rings. The molecule has 42 heavy (non-hydrogen) atoms. The van der Waals surface area contributed by atoms with Gasteiger partial charge in [-0.1, -0.05) is 112 Å². The van der Waals surface area contributed by atoms with Gasteiger partial charge in [-0.3, -0.25) is 4.79 Å². The molecule has 0 radical (unpaired) electrons. The highest BCUT2D eigenvalue weighted by atomic mass is 28.4. The molecule has 226 valence electrons. The lowest BCUT2D eigenvalue weighted by molar-refractivity contribution is -0.167. The van der Waals surface area contributed by atoms with Crippen molar-refractivity contribution in [3.63, 3.8) is 0 Å². The molecule has 1 saturated heterocycles. The van der Waals surface area contributed by atoms with E-state index in [1.165, 1.54) is 0 Å². The van der Waals surface area contributed by atoms with Crippen LogP contribution in [-0.4, -0.2) is 61.3 Å². The average molecular weight is 593 g/mol. The second-order valence-electron chi connectivity index (χ2n) is 12.2. The summed E-state index contributed by atoms with van der Waals surface area (Å²) in [6.45, 7) is 12.0. The van der Waals surface area contributed by atoms with Crippen LogP contribution in [0.3, 0.4) is 0 Å². The molecule has 1 heterocycles. The van der Waals surface area contributed by atoms with Crippen LogP contribution in [0.2, 0.25) is 5.04 Å². The summed E-state index contributed by atoms with van der Waals surface area (Å²) in [6.07, 6.45) is -5.71. The summed E-state index contributed by atoms with van der Waals surface area (Å²) in [5.41, 5.74) is 0.855. The summed E-state index contributed by atoms with van der Waals surface area (Å²) in [5.74, 6) is -1.68. The predicted molar refractivity (Wildman–Crippen MR) is 165 cm³/mol. The molecule has 1 fully saturated rings. The van der Waals surface area contributed by atoms with Gasteiger partial charge < -0.3 is 28.8 Å². The number of carbonyl (C=O) groups is 1. The van der Waals surface area contributed by atoms with Gasteiger partial charge in [-0.05, 0) is 41.7 Å². The third kappa shape index (κ3) is 6.85. The standard InChI is InChI=1S/C34H44O7Si/c1-7-38-28(36)23-27(35)29(37)31-32(40-34(5,6)39-31)30(24-17-11-8-12-18-24)41-42(33(2,3)4,25-19-13-9-14-20-25)26-21-15-10-16-22-26/h8-22,27,29-32,35,37H,7,23H2,1-6H3/t27-,29+,30-,31-,32-/m1/s1. The van der Waals surface area contributed by atoms with Crippen LogP contribution < -0.4 is 10.4 Å². The third-order valence-corrected chi connectivity index (χ3v) is 12.7. The second-order valence-corrected chi connectivity index (χ2v) is 16.5. The smallest absolute Gasteiger partial charge is 0.308 e. The molecule has 7 nitrogen and oxygen atoms in total. The zero-order valence-corrected chi connectivity index (χ0v) is 26.4. The number of aliphatic hydroxyl groups is 2. The fourth-order valence-electron chi connectivity index (χ4n) is 5.90. The van der Waals surface area contributed by atoms with E-state index in [2.05, 4.69) is 45.0 Å². The molecule has 0 amide bonds. The summed E-state index contributed by atoms with van der Waals surface area (Å²) in [7, 11) is -3.09. The van der Waals surface area contributed by atoms with E-state index in [9.17, 15) is 15.0 Å². The zero-order valence-electron chi connectivity index (χ0n) is 25.4. The van der Waals surface area contributed by atoms with Crippen molar-refractivity contribution in [1.29, 1.82) is 0 Å². The Hall–Kier alpha value is -2.85.